The van der Waals surface area contributed by atoms with Crippen molar-refractivity contribution in [1.29, 1.82) is 0 Å². The van der Waals surface area contributed by atoms with Crippen LogP contribution in [0.25, 0.3) is 0 Å². The number of nitrogen functional groups attached to an aromatic ring is 1. The first-order chi connectivity index (χ1) is 8.59. The van der Waals surface area contributed by atoms with Crippen LogP contribution in [0.1, 0.15) is 38.7 Å². The maximum atomic E-state index is 12.4. The Morgan fingerprint density at radius 2 is 1.89 bits per heavy atom. The van der Waals surface area contributed by atoms with Gasteiger partial charge >= 0.3 is 0 Å². The van der Waals surface area contributed by atoms with E-state index in [1.54, 1.807) is 0 Å². The van der Waals surface area contributed by atoms with Crippen LogP contribution in [-0.4, -0.2) is 22.9 Å². The molecule has 0 spiro atoms. The van der Waals surface area contributed by atoms with Gasteiger partial charge in [-0.2, -0.15) is 0 Å². The third-order valence-electron chi connectivity index (χ3n) is 3.88. The van der Waals surface area contributed by atoms with Gasteiger partial charge in [0.25, 0.3) is 0 Å². The van der Waals surface area contributed by atoms with E-state index in [1.807, 2.05) is 29.2 Å². The lowest BCUT2D eigenvalue weighted by Gasteiger charge is -2.39. The van der Waals surface area contributed by atoms with Gasteiger partial charge in [-0.05, 0) is 44.7 Å². The van der Waals surface area contributed by atoms with Gasteiger partial charge < -0.3 is 10.6 Å². The van der Waals surface area contributed by atoms with Gasteiger partial charge in [-0.3, -0.25) is 4.79 Å². The van der Waals surface area contributed by atoms with Gasteiger partial charge in [0.05, 0.1) is 6.42 Å². The summed E-state index contributed by atoms with van der Waals surface area (Å²) < 4.78 is 0. The normalized spacial score (nSPS) is 24.0. The Bertz CT molecular complexity index is 420. The van der Waals surface area contributed by atoms with E-state index in [9.17, 15) is 4.79 Å². The number of benzene rings is 1. The SMILES string of the molecule is C[C@@H]1CCC[C@H](C)N1C(=O)Cc1ccccc1N. The topological polar surface area (TPSA) is 46.3 Å². The zero-order chi connectivity index (χ0) is 13.1. The standard InChI is InChI=1S/C15H22N2O/c1-11-6-5-7-12(2)17(11)15(18)10-13-8-3-4-9-14(13)16/h3-4,8-9,11-12H,5-7,10,16H2,1-2H3/t11-,12+. The second-order valence-electron chi connectivity index (χ2n) is 5.31. The summed E-state index contributed by atoms with van der Waals surface area (Å²) in [5.41, 5.74) is 7.55. The van der Waals surface area contributed by atoms with Crippen LogP contribution in [0.3, 0.4) is 0 Å². The lowest BCUT2D eigenvalue weighted by atomic mass is 9.96. The number of anilines is 1. The smallest absolute Gasteiger partial charge is 0.227 e. The average molecular weight is 246 g/mol. The Labute approximate surface area is 109 Å². The lowest BCUT2D eigenvalue weighted by Crippen LogP contribution is -2.48. The molecule has 1 aromatic carbocycles. The fourth-order valence-electron chi connectivity index (χ4n) is 2.86. The molecule has 1 aliphatic heterocycles. The van der Waals surface area contributed by atoms with Gasteiger partial charge in [0.1, 0.15) is 0 Å². The minimum absolute atomic E-state index is 0.201. The van der Waals surface area contributed by atoms with Crippen LogP contribution in [0, 0.1) is 0 Å². The highest BCUT2D eigenvalue weighted by Crippen LogP contribution is 2.24. The van der Waals surface area contributed by atoms with Crippen LogP contribution in [-0.2, 0) is 11.2 Å². The van der Waals surface area contributed by atoms with Crippen molar-refractivity contribution in [3.63, 3.8) is 0 Å². The van der Waals surface area contributed by atoms with E-state index in [1.165, 1.54) is 6.42 Å². The maximum Gasteiger partial charge on any atom is 0.227 e. The second kappa shape index (κ2) is 5.42. The lowest BCUT2D eigenvalue weighted by molar-refractivity contribution is -0.136. The molecule has 18 heavy (non-hydrogen) atoms. The molecule has 3 nitrogen and oxygen atoms in total. The molecule has 1 aromatic rings. The van der Waals surface area contributed by atoms with Gasteiger partial charge in [-0.25, -0.2) is 0 Å². The van der Waals surface area contributed by atoms with Gasteiger partial charge in [0.2, 0.25) is 5.91 Å². The van der Waals surface area contributed by atoms with Crippen molar-refractivity contribution in [2.45, 2.75) is 51.6 Å². The molecule has 1 heterocycles. The monoisotopic (exact) mass is 246 g/mol. The van der Waals surface area contributed by atoms with Crippen molar-refractivity contribution in [1.82, 2.24) is 4.90 Å². The Morgan fingerprint density at radius 1 is 1.28 bits per heavy atom. The van der Waals surface area contributed by atoms with E-state index in [0.717, 1.165) is 18.4 Å². The summed E-state index contributed by atoms with van der Waals surface area (Å²) in [5.74, 6) is 0.201. The summed E-state index contributed by atoms with van der Waals surface area (Å²) in [6.07, 6.45) is 3.86. The molecule has 3 heteroatoms. The Morgan fingerprint density at radius 3 is 2.50 bits per heavy atom. The minimum Gasteiger partial charge on any atom is -0.398 e. The first-order valence-electron chi connectivity index (χ1n) is 6.74. The predicted octanol–water partition coefficient (Wildman–Crippen LogP) is 2.60. The number of hydrogen-bond donors (Lipinski definition) is 1. The van der Waals surface area contributed by atoms with E-state index in [4.69, 9.17) is 5.73 Å². The van der Waals surface area contributed by atoms with Crippen molar-refractivity contribution in [3.05, 3.63) is 29.8 Å². The molecule has 1 aliphatic rings. The summed E-state index contributed by atoms with van der Waals surface area (Å²) >= 11 is 0. The molecule has 1 amide bonds. The molecular formula is C15H22N2O. The quantitative estimate of drug-likeness (QED) is 0.815. The van der Waals surface area contributed by atoms with Crippen molar-refractivity contribution in [2.24, 2.45) is 0 Å². The summed E-state index contributed by atoms with van der Waals surface area (Å²) in [5, 5.41) is 0. The first kappa shape index (κ1) is 12.9. The number of nitrogens with two attached hydrogens (primary N) is 1. The summed E-state index contributed by atoms with van der Waals surface area (Å²) in [7, 11) is 0. The van der Waals surface area contributed by atoms with Crippen LogP contribution >= 0.6 is 0 Å². The van der Waals surface area contributed by atoms with Crippen molar-refractivity contribution >= 4 is 11.6 Å². The zero-order valence-corrected chi connectivity index (χ0v) is 11.2. The van der Waals surface area contributed by atoms with E-state index >= 15 is 0 Å². The molecule has 1 saturated heterocycles. The first-order valence-corrected chi connectivity index (χ1v) is 6.74. The predicted molar refractivity (Wildman–Crippen MR) is 74.2 cm³/mol. The molecule has 0 aromatic heterocycles. The van der Waals surface area contributed by atoms with Gasteiger partial charge in [0.15, 0.2) is 0 Å². The molecule has 1 fully saturated rings. The minimum atomic E-state index is 0.201. The number of nitrogens with zero attached hydrogens (tertiary/aromatic N) is 1. The fraction of sp³-hybridized carbons (Fsp3) is 0.533. The van der Waals surface area contributed by atoms with Gasteiger partial charge in [-0.15, -0.1) is 0 Å². The molecule has 0 bridgehead atoms. The van der Waals surface area contributed by atoms with E-state index < -0.39 is 0 Å². The molecular weight excluding hydrogens is 224 g/mol. The Kier molecular flexibility index (Phi) is 3.90. The highest BCUT2D eigenvalue weighted by molar-refractivity contribution is 5.81. The number of amides is 1. The zero-order valence-electron chi connectivity index (χ0n) is 11.2. The van der Waals surface area contributed by atoms with Gasteiger partial charge in [0, 0.05) is 17.8 Å². The van der Waals surface area contributed by atoms with Crippen LogP contribution in [0.15, 0.2) is 24.3 Å². The van der Waals surface area contributed by atoms with E-state index in [2.05, 4.69) is 13.8 Å². The fourth-order valence-corrected chi connectivity index (χ4v) is 2.86. The summed E-state index contributed by atoms with van der Waals surface area (Å²) in [6, 6.07) is 8.33. The second-order valence-corrected chi connectivity index (χ2v) is 5.31. The molecule has 0 saturated carbocycles. The number of likely N-dealkylation sites (tertiary alicyclic amines) is 1. The van der Waals surface area contributed by atoms with Crippen LogP contribution in [0.5, 0.6) is 0 Å². The molecule has 0 unspecified atom stereocenters. The molecule has 98 valence electrons. The van der Waals surface area contributed by atoms with Crippen LogP contribution in [0.4, 0.5) is 5.69 Å². The highest BCUT2D eigenvalue weighted by atomic mass is 16.2. The Hall–Kier alpha value is -1.51. The molecule has 0 radical (unpaired) electrons. The number of carbonyl (C=O) groups is 1. The van der Waals surface area contributed by atoms with Gasteiger partial charge in [-0.1, -0.05) is 18.2 Å². The molecule has 0 aliphatic carbocycles. The summed E-state index contributed by atoms with van der Waals surface area (Å²) in [6.45, 7) is 4.28. The average Bonchev–Trinajstić information content (AvgIpc) is 2.32. The van der Waals surface area contributed by atoms with Crippen LogP contribution < -0.4 is 5.73 Å². The maximum absolute atomic E-state index is 12.4. The van der Waals surface area contributed by atoms with Crippen molar-refractivity contribution < 1.29 is 4.79 Å². The molecule has 2 N–H and O–H groups in total. The van der Waals surface area contributed by atoms with E-state index in [-0.39, 0.29) is 5.91 Å². The summed E-state index contributed by atoms with van der Waals surface area (Å²) in [4.78, 5) is 14.4. The number of para-hydroxylation sites is 1. The van der Waals surface area contributed by atoms with Crippen LogP contribution in [0.2, 0.25) is 0 Å². The van der Waals surface area contributed by atoms with Crippen molar-refractivity contribution in [3.8, 4) is 0 Å². The molecule has 2 atom stereocenters. The van der Waals surface area contributed by atoms with Crippen molar-refractivity contribution in [2.75, 3.05) is 5.73 Å². The number of hydrogen-bond acceptors (Lipinski definition) is 2. The third kappa shape index (κ3) is 2.66. The third-order valence-corrected chi connectivity index (χ3v) is 3.88. The van der Waals surface area contributed by atoms with E-state index in [0.29, 0.717) is 24.2 Å². The highest BCUT2D eigenvalue weighted by Gasteiger charge is 2.28. The molecule has 2 rings (SSSR count). The number of carbonyl (C=O) groups excluding carboxylic acids is 1. The number of piperidine rings is 1. The largest absolute Gasteiger partial charge is 0.398 e. The number of rotatable bonds is 2. The Balaban J connectivity index is 2.09.